The monoisotopic (exact) mass is 332 g/mol. The molecule has 0 N–H and O–H groups in total. The number of carbonyl (C=O) groups excluding carboxylic acids is 1. The summed E-state index contributed by atoms with van der Waals surface area (Å²) in [6.45, 7) is 12.7. The molecule has 2 heteroatoms. The van der Waals surface area contributed by atoms with Gasteiger partial charge in [-0.15, -0.1) is 0 Å². The zero-order chi connectivity index (χ0) is 18.1. The first-order valence-corrected chi connectivity index (χ1v) is 9.48. The Bertz CT molecular complexity index is 494. The quantitative estimate of drug-likeness (QED) is 0.433. The molecule has 2 unspecified atom stereocenters. The summed E-state index contributed by atoms with van der Waals surface area (Å²) in [4.78, 5) is 11.5. The second kappa shape index (κ2) is 10.5. The van der Waals surface area contributed by atoms with Crippen molar-refractivity contribution >= 4 is 5.97 Å². The molecule has 0 aromatic heterocycles. The number of rotatable bonds is 2. The van der Waals surface area contributed by atoms with E-state index < -0.39 is 0 Å². The Morgan fingerprint density at radius 2 is 1.79 bits per heavy atom. The van der Waals surface area contributed by atoms with Crippen molar-refractivity contribution in [2.75, 3.05) is 0 Å². The number of carbonyl (C=O) groups is 1. The second-order valence-electron chi connectivity index (χ2n) is 7.70. The van der Waals surface area contributed by atoms with E-state index in [9.17, 15) is 4.79 Å². The minimum atomic E-state index is -0.159. The van der Waals surface area contributed by atoms with Crippen LogP contribution in [0.5, 0.6) is 0 Å². The minimum Gasteiger partial charge on any atom is -0.462 e. The highest BCUT2D eigenvalue weighted by molar-refractivity contribution is 5.66. The summed E-state index contributed by atoms with van der Waals surface area (Å²) >= 11 is 0. The molecular formula is C22H36O2. The van der Waals surface area contributed by atoms with Crippen molar-refractivity contribution in [2.45, 2.75) is 86.2 Å². The maximum absolute atomic E-state index is 11.5. The normalized spacial score (nSPS) is 24.5. The Balaban J connectivity index is 2.97. The van der Waals surface area contributed by atoms with Crippen LogP contribution in [0.3, 0.4) is 0 Å². The molecule has 0 bridgehead atoms. The van der Waals surface area contributed by atoms with Crippen LogP contribution in [-0.4, -0.2) is 12.1 Å². The summed E-state index contributed by atoms with van der Waals surface area (Å²) in [5.41, 5.74) is 4.34. The molecule has 2 atom stereocenters. The Kier molecular flexibility index (Phi) is 9.10. The highest BCUT2D eigenvalue weighted by Crippen LogP contribution is 2.26. The summed E-state index contributed by atoms with van der Waals surface area (Å²) in [5.74, 6) is 0.785. The van der Waals surface area contributed by atoms with E-state index in [2.05, 4.69) is 52.8 Å². The van der Waals surface area contributed by atoms with Crippen LogP contribution in [0.4, 0.5) is 0 Å². The Morgan fingerprint density at radius 3 is 2.42 bits per heavy atom. The Hall–Kier alpha value is -1.31. The average molecular weight is 333 g/mol. The van der Waals surface area contributed by atoms with Crippen molar-refractivity contribution < 1.29 is 9.53 Å². The zero-order valence-electron chi connectivity index (χ0n) is 16.5. The molecule has 0 heterocycles. The summed E-state index contributed by atoms with van der Waals surface area (Å²) in [6, 6.07) is 0. The van der Waals surface area contributed by atoms with Crippen LogP contribution in [0.25, 0.3) is 0 Å². The molecular weight excluding hydrogens is 296 g/mol. The van der Waals surface area contributed by atoms with Crippen LogP contribution in [0.15, 0.2) is 34.9 Å². The summed E-state index contributed by atoms with van der Waals surface area (Å²) < 4.78 is 5.63. The van der Waals surface area contributed by atoms with E-state index in [1.165, 1.54) is 23.6 Å². The highest BCUT2D eigenvalue weighted by Gasteiger charge is 2.21. The molecule has 2 nitrogen and oxygen atoms in total. The zero-order valence-corrected chi connectivity index (χ0v) is 16.5. The fraction of sp³-hybridized carbons (Fsp3) is 0.682. The van der Waals surface area contributed by atoms with Gasteiger partial charge in [0.05, 0.1) is 0 Å². The summed E-state index contributed by atoms with van der Waals surface area (Å²) in [6.07, 6.45) is 13.3. The smallest absolute Gasteiger partial charge is 0.302 e. The van der Waals surface area contributed by atoms with Crippen molar-refractivity contribution in [1.82, 2.24) is 0 Å². The molecule has 1 aliphatic rings. The largest absolute Gasteiger partial charge is 0.462 e. The molecule has 0 aromatic rings. The lowest BCUT2D eigenvalue weighted by molar-refractivity contribution is -0.149. The van der Waals surface area contributed by atoms with Crippen LogP contribution >= 0.6 is 0 Å². The van der Waals surface area contributed by atoms with Gasteiger partial charge in [0.15, 0.2) is 0 Å². The predicted octanol–water partition coefficient (Wildman–Crippen LogP) is 6.38. The minimum absolute atomic E-state index is 0.0273. The molecule has 136 valence electrons. The van der Waals surface area contributed by atoms with Gasteiger partial charge in [-0.2, -0.15) is 0 Å². The number of hydrogen-bond donors (Lipinski definition) is 0. The maximum atomic E-state index is 11.5. The highest BCUT2D eigenvalue weighted by atomic mass is 16.5. The molecule has 24 heavy (non-hydrogen) atoms. The Labute approximate surface area is 149 Å². The molecule has 0 fully saturated rings. The predicted molar refractivity (Wildman–Crippen MR) is 103 cm³/mol. The van der Waals surface area contributed by atoms with Crippen LogP contribution in [0, 0.1) is 11.8 Å². The van der Waals surface area contributed by atoms with Crippen molar-refractivity contribution in [2.24, 2.45) is 11.8 Å². The molecule has 0 amide bonds. The van der Waals surface area contributed by atoms with Crippen molar-refractivity contribution in [3.05, 3.63) is 34.9 Å². The van der Waals surface area contributed by atoms with Gasteiger partial charge in [0.1, 0.15) is 6.10 Å². The fourth-order valence-electron chi connectivity index (χ4n) is 3.17. The molecule has 0 saturated heterocycles. The van der Waals surface area contributed by atoms with E-state index in [0.29, 0.717) is 11.8 Å². The van der Waals surface area contributed by atoms with Gasteiger partial charge in [0.2, 0.25) is 0 Å². The topological polar surface area (TPSA) is 26.3 Å². The van der Waals surface area contributed by atoms with Crippen molar-refractivity contribution in [3.8, 4) is 0 Å². The molecule has 0 radical (unpaired) electrons. The van der Waals surface area contributed by atoms with Gasteiger partial charge >= 0.3 is 5.97 Å². The van der Waals surface area contributed by atoms with E-state index in [1.807, 2.05) is 0 Å². The number of allylic oxidation sites excluding steroid dienone is 6. The first-order valence-electron chi connectivity index (χ1n) is 9.48. The second-order valence-corrected chi connectivity index (χ2v) is 7.70. The van der Waals surface area contributed by atoms with Gasteiger partial charge in [-0.05, 0) is 64.2 Å². The molecule has 0 saturated carbocycles. The van der Waals surface area contributed by atoms with E-state index in [1.54, 1.807) is 0 Å². The number of esters is 1. The van der Waals surface area contributed by atoms with Crippen molar-refractivity contribution in [3.63, 3.8) is 0 Å². The standard InChI is InChI=1S/C22H36O2/c1-16(2)21-13-10-17(3)8-7-9-18(4)11-15-22(24-20(6)23)19(5)12-14-21/h9-10,13,16,19,22H,7-8,11-12,14-15H2,1-6H3. The summed E-state index contributed by atoms with van der Waals surface area (Å²) in [5, 5.41) is 0. The van der Waals surface area contributed by atoms with Gasteiger partial charge < -0.3 is 4.74 Å². The molecule has 1 aliphatic carbocycles. The third-order valence-corrected chi connectivity index (χ3v) is 5.02. The number of hydrogen-bond acceptors (Lipinski definition) is 2. The first-order chi connectivity index (χ1) is 11.3. The van der Waals surface area contributed by atoms with Crippen molar-refractivity contribution in [1.29, 1.82) is 0 Å². The SMILES string of the molecule is CC(=O)OC1CCC(C)=CCCC(C)=CC=C(C(C)C)CCC1C. The Morgan fingerprint density at radius 1 is 1.08 bits per heavy atom. The number of ether oxygens (including phenoxy) is 1. The third kappa shape index (κ3) is 7.99. The summed E-state index contributed by atoms with van der Waals surface area (Å²) in [7, 11) is 0. The van der Waals surface area contributed by atoms with Gasteiger partial charge in [-0.1, -0.05) is 55.7 Å². The average Bonchev–Trinajstić information content (AvgIpc) is 2.49. The lowest BCUT2D eigenvalue weighted by Gasteiger charge is -2.25. The van der Waals surface area contributed by atoms with E-state index in [0.717, 1.165) is 38.5 Å². The van der Waals surface area contributed by atoms with Crippen LogP contribution in [0.2, 0.25) is 0 Å². The van der Waals surface area contributed by atoms with Gasteiger partial charge in [0, 0.05) is 6.92 Å². The van der Waals surface area contributed by atoms with Crippen LogP contribution < -0.4 is 0 Å². The lowest BCUT2D eigenvalue weighted by Crippen LogP contribution is -2.24. The lowest BCUT2D eigenvalue weighted by atomic mass is 9.88. The van der Waals surface area contributed by atoms with E-state index >= 15 is 0 Å². The maximum Gasteiger partial charge on any atom is 0.302 e. The van der Waals surface area contributed by atoms with E-state index in [-0.39, 0.29) is 12.1 Å². The molecule has 1 rings (SSSR count). The first kappa shape index (κ1) is 20.7. The molecule has 0 aliphatic heterocycles. The van der Waals surface area contributed by atoms with Crippen LogP contribution in [-0.2, 0) is 9.53 Å². The van der Waals surface area contributed by atoms with Gasteiger partial charge in [-0.3, -0.25) is 4.79 Å². The fourth-order valence-corrected chi connectivity index (χ4v) is 3.17. The van der Waals surface area contributed by atoms with Crippen LogP contribution in [0.1, 0.15) is 80.1 Å². The van der Waals surface area contributed by atoms with Gasteiger partial charge in [-0.25, -0.2) is 0 Å². The van der Waals surface area contributed by atoms with E-state index in [4.69, 9.17) is 4.74 Å². The third-order valence-electron chi connectivity index (χ3n) is 5.02. The van der Waals surface area contributed by atoms with Gasteiger partial charge in [0.25, 0.3) is 0 Å². The molecule has 0 aromatic carbocycles. The molecule has 0 spiro atoms.